The summed E-state index contributed by atoms with van der Waals surface area (Å²) in [6.07, 6.45) is -1.34. The summed E-state index contributed by atoms with van der Waals surface area (Å²) in [4.78, 5) is 70.9. The topological polar surface area (TPSA) is 192 Å². The summed E-state index contributed by atoms with van der Waals surface area (Å²) in [5.41, 5.74) is -5.08. The molecule has 2 aromatic heterocycles. The molecular formula is C13H14N4O10. The minimum absolute atomic E-state index is 0.0178. The molecule has 14 heteroatoms. The Kier molecular flexibility index (Phi) is 5.14. The Hall–Kier alpha value is -3.52. The SMILES string of the molecule is Cn1cnc2c1c(=O)n(OC(=O)CC(CC(=O)O)(OO)C(=O)O)c(=O)n2C. The first-order valence-electron chi connectivity index (χ1n) is 7.16. The average Bonchev–Trinajstić information content (AvgIpc) is 2.97. The van der Waals surface area contributed by atoms with Crippen LogP contribution in [0.3, 0.4) is 0 Å². The van der Waals surface area contributed by atoms with Gasteiger partial charge >= 0.3 is 29.2 Å². The van der Waals surface area contributed by atoms with Gasteiger partial charge in [-0.05, 0) is 0 Å². The molecule has 0 saturated heterocycles. The van der Waals surface area contributed by atoms with E-state index in [0.717, 1.165) is 4.57 Å². The highest BCUT2D eigenvalue weighted by molar-refractivity contribution is 5.88. The van der Waals surface area contributed by atoms with E-state index < -0.39 is 47.6 Å². The molecule has 0 bridgehead atoms. The number of nitrogens with zero attached hydrogens (tertiary/aromatic N) is 4. The van der Waals surface area contributed by atoms with Crippen LogP contribution >= 0.6 is 0 Å². The number of carboxylic acids is 2. The Balaban J connectivity index is 2.45. The fourth-order valence-electron chi connectivity index (χ4n) is 2.33. The van der Waals surface area contributed by atoms with Crippen molar-refractivity contribution in [3.8, 4) is 0 Å². The van der Waals surface area contributed by atoms with Crippen LogP contribution in [0.1, 0.15) is 12.8 Å². The molecule has 3 N–H and O–H groups in total. The average molecular weight is 386 g/mol. The first-order valence-corrected chi connectivity index (χ1v) is 7.16. The van der Waals surface area contributed by atoms with Gasteiger partial charge in [-0.25, -0.2) is 24.3 Å². The molecular weight excluding hydrogens is 372 g/mol. The van der Waals surface area contributed by atoms with Gasteiger partial charge in [0.1, 0.15) is 0 Å². The monoisotopic (exact) mass is 386 g/mol. The third-order valence-corrected chi connectivity index (χ3v) is 3.71. The van der Waals surface area contributed by atoms with E-state index in [1.165, 1.54) is 25.0 Å². The van der Waals surface area contributed by atoms with E-state index in [1.807, 2.05) is 0 Å². The quantitative estimate of drug-likeness (QED) is 0.338. The van der Waals surface area contributed by atoms with Gasteiger partial charge in [0.05, 0.1) is 19.2 Å². The summed E-state index contributed by atoms with van der Waals surface area (Å²) >= 11 is 0. The lowest BCUT2D eigenvalue weighted by Gasteiger charge is -2.22. The van der Waals surface area contributed by atoms with Crippen LogP contribution in [0.25, 0.3) is 11.2 Å². The first kappa shape index (κ1) is 19.8. The van der Waals surface area contributed by atoms with Crippen LogP contribution in [0.2, 0.25) is 0 Å². The molecule has 1 unspecified atom stereocenters. The molecule has 0 spiro atoms. The Morgan fingerprint density at radius 3 is 2.33 bits per heavy atom. The molecule has 146 valence electrons. The van der Waals surface area contributed by atoms with Crippen molar-refractivity contribution in [2.24, 2.45) is 14.1 Å². The van der Waals surface area contributed by atoms with Crippen LogP contribution in [-0.4, -0.2) is 57.8 Å². The molecule has 0 aromatic carbocycles. The van der Waals surface area contributed by atoms with Gasteiger partial charge in [0, 0.05) is 14.1 Å². The van der Waals surface area contributed by atoms with Gasteiger partial charge in [0.2, 0.25) is 5.60 Å². The summed E-state index contributed by atoms with van der Waals surface area (Å²) in [6.45, 7) is 0. The number of carboxylic acid groups (broad SMARTS) is 2. The van der Waals surface area contributed by atoms with E-state index >= 15 is 0 Å². The molecule has 0 amide bonds. The third kappa shape index (κ3) is 3.42. The van der Waals surface area contributed by atoms with Gasteiger partial charge < -0.3 is 19.6 Å². The maximum Gasteiger partial charge on any atom is 0.366 e. The van der Waals surface area contributed by atoms with Crippen molar-refractivity contribution in [3.05, 3.63) is 27.2 Å². The fourth-order valence-corrected chi connectivity index (χ4v) is 2.33. The number of hydrogen-bond acceptors (Lipinski definition) is 9. The predicted octanol–water partition coefficient (Wildman–Crippen LogP) is -2.43. The smallest absolute Gasteiger partial charge is 0.366 e. The van der Waals surface area contributed by atoms with Gasteiger partial charge in [0.15, 0.2) is 11.2 Å². The van der Waals surface area contributed by atoms with E-state index in [-0.39, 0.29) is 15.9 Å². The molecule has 0 fully saturated rings. The van der Waals surface area contributed by atoms with Crippen molar-refractivity contribution < 1.29 is 39.6 Å². The molecule has 27 heavy (non-hydrogen) atoms. The molecule has 1 atom stereocenters. The van der Waals surface area contributed by atoms with E-state index in [1.54, 1.807) is 0 Å². The molecule has 0 aliphatic rings. The van der Waals surface area contributed by atoms with Crippen LogP contribution in [0.5, 0.6) is 0 Å². The maximum absolute atomic E-state index is 12.4. The van der Waals surface area contributed by atoms with E-state index in [2.05, 4.69) is 14.7 Å². The van der Waals surface area contributed by atoms with E-state index in [9.17, 15) is 24.0 Å². The van der Waals surface area contributed by atoms with Crippen molar-refractivity contribution in [1.29, 1.82) is 0 Å². The summed E-state index contributed by atoms with van der Waals surface area (Å²) in [5, 5.41) is 26.7. The number of aryl methyl sites for hydroxylation is 2. The lowest BCUT2D eigenvalue weighted by molar-refractivity contribution is -0.318. The second-order valence-corrected chi connectivity index (χ2v) is 5.57. The fraction of sp³-hybridized carbons (Fsp3) is 0.385. The molecule has 0 aliphatic heterocycles. The van der Waals surface area contributed by atoms with Crippen molar-refractivity contribution >= 4 is 29.1 Å². The molecule has 0 saturated carbocycles. The van der Waals surface area contributed by atoms with Gasteiger partial charge in [-0.15, -0.1) is 0 Å². The molecule has 2 heterocycles. The first-order chi connectivity index (χ1) is 12.5. The van der Waals surface area contributed by atoms with Crippen molar-refractivity contribution in [1.82, 2.24) is 18.8 Å². The summed E-state index contributed by atoms with van der Waals surface area (Å²) in [7, 11) is 2.71. The number of carbonyl (C=O) groups is 3. The number of imidazole rings is 1. The van der Waals surface area contributed by atoms with Crippen LogP contribution in [0, 0.1) is 0 Å². The zero-order valence-electron chi connectivity index (χ0n) is 14.0. The van der Waals surface area contributed by atoms with E-state index in [0.29, 0.717) is 0 Å². The van der Waals surface area contributed by atoms with Gasteiger partial charge in [0.25, 0.3) is 0 Å². The molecule has 0 radical (unpaired) electrons. The predicted molar refractivity (Wildman–Crippen MR) is 82.8 cm³/mol. The number of fused-ring (bicyclic) bond motifs is 1. The number of carbonyl (C=O) groups excluding carboxylic acids is 1. The molecule has 2 rings (SSSR count). The number of aliphatic carboxylic acids is 2. The van der Waals surface area contributed by atoms with Gasteiger partial charge in [-0.2, -0.15) is 0 Å². The lowest BCUT2D eigenvalue weighted by atomic mass is 9.96. The summed E-state index contributed by atoms with van der Waals surface area (Å²) < 4.78 is 2.25. The van der Waals surface area contributed by atoms with Crippen molar-refractivity contribution in [3.63, 3.8) is 0 Å². The van der Waals surface area contributed by atoms with Crippen LogP contribution in [0.4, 0.5) is 0 Å². The molecule has 14 nitrogen and oxygen atoms in total. The summed E-state index contributed by atoms with van der Waals surface area (Å²) in [6, 6.07) is 0. The van der Waals surface area contributed by atoms with Crippen LogP contribution < -0.4 is 16.1 Å². The van der Waals surface area contributed by atoms with E-state index in [4.69, 9.17) is 15.5 Å². The third-order valence-electron chi connectivity index (χ3n) is 3.71. The van der Waals surface area contributed by atoms with Crippen LogP contribution in [0.15, 0.2) is 15.9 Å². The Morgan fingerprint density at radius 1 is 1.19 bits per heavy atom. The maximum atomic E-state index is 12.4. The Labute approximate surface area is 148 Å². The minimum Gasteiger partial charge on any atom is -0.481 e. The van der Waals surface area contributed by atoms with Crippen LogP contribution in [-0.2, 0) is 33.4 Å². The van der Waals surface area contributed by atoms with Crippen molar-refractivity contribution in [2.75, 3.05) is 0 Å². The largest absolute Gasteiger partial charge is 0.481 e. The zero-order chi connectivity index (χ0) is 20.5. The second-order valence-electron chi connectivity index (χ2n) is 5.57. The standard InChI is InChI=1S/C13H14N4O10/c1-15-5-14-9-8(15)10(21)17(12(24)16(9)2)26-7(20)4-13(27-25,11(22)23)3-6(18)19/h5,25H,3-4H2,1-2H3,(H,18,19)(H,22,23). The Morgan fingerprint density at radius 2 is 1.81 bits per heavy atom. The number of rotatable bonds is 7. The Bertz CT molecular complexity index is 1050. The molecule has 2 aromatic rings. The number of aromatic nitrogens is 4. The highest BCUT2D eigenvalue weighted by Gasteiger charge is 2.46. The van der Waals surface area contributed by atoms with Crippen molar-refractivity contribution in [2.45, 2.75) is 18.4 Å². The zero-order valence-corrected chi connectivity index (χ0v) is 14.0. The normalized spacial score (nSPS) is 13.3. The minimum atomic E-state index is -2.87. The molecule has 0 aliphatic carbocycles. The summed E-state index contributed by atoms with van der Waals surface area (Å²) in [5.74, 6) is -5.16. The van der Waals surface area contributed by atoms with Gasteiger partial charge in [-0.1, -0.05) is 4.73 Å². The highest BCUT2D eigenvalue weighted by atomic mass is 17.1. The highest BCUT2D eigenvalue weighted by Crippen LogP contribution is 2.21. The van der Waals surface area contributed by atoms with Gasteiger partial charge in [-0.3, -0.25) is 19.4 Å². The number of hydrogen-bond donors (Lipinski definition) is 3. The second kappa shape index (κ2) is 7.00. The lowest BCUT2D eigenvalue weighted by Crippen LogP contribution is -2.49.